The summed E-state index contributed by atoms with van der Waals surface area (Å²) in [5.74, 6) is 0.558. The van der Waals surface area contributed by atoms with Crippen LogP contribution >= 0.6 is 23.2 Å². The number of rotatable bonds is 4. The Kier molecular flexibility index (Phi) is 4.78. The predicted octanol–water partition coefficient (Wildman–Crippen LogP) is 4.42. The highest BCUT2D eigenvalue weighted by atomic mass is 35.5. The number of hydrogen-bond donors (Lipinski definition) is 0. The van der Waals surface area contributed by atoms with Gasteiger partial charge in [0.15, 0.2) is 0 Å². The lowest BCUT2D eigenvalue weighted by atomic mass is 10.0. The molecule has 1 aromatic carbocycles. The Balaban J connectivity index is 1.80. The third-order valence-corrected chi connectivity index (χ3v) is 4.98. The maximum Gasteiger partial charge on any atom is 0.251 e. The minimum atomic E-state index is 0.161. The van der Waals surface area contributed by atoms with Crippen LogP contribution in [-0.2, 0) is 6.61 Å². The van der Waals surface area contributed by atoms with E-state index >= 15 is 0 Å². The molecule has 4 aromatic rings. The molecule has 0 radical (unpaired) electrons. The van der Waals surface area contributed by atoms with Crippen molar-refractivity contribution < 1.29 is 14.3 Å². The summed E-state index contributed by atoms with van der Waals surface area (Å²) in [6.07, 6.45) is 3.03. The fourth-order valence-corrected chi connectivity index (χ4v) is 3.40. The van der Waals surface area contributed by atoms with Gasteiger partial charge in [0.1, 0.15) is 17.9 Å². The number of pyridine rings is 2. The van der Waals surface area contributed by atoms with E-state index in [-0.39, 0.29) is 6.61 Å². The minimum Gasteiger partial charge on any atom is -0.487 e. The van der Waals surface area contributed by atoms with E-state index < -0.39 is 0 Å². The third-order valence-electron chi connectivity index (χ3n) is 4.33. The van der Waals surface area contributed by atoms with Gasteiger partial charge >= 0.3 is 0 Å². The number of aryl methyl sites for hydroxylation is 1. The molecule has 9 heteroatoms. The first kappa shape index (κ1) is 18.5. The van der Waals surface area contributed by atoms with Gasteiger partial charge in [-0.3, -0.25) is 9.61 Å². The van der Waals surface area contributed by atoms with Crippen LogP contribution in [0.5, 0.6) is 5.75 Å². The minimum absolute atomic E-state index is 0.161. The van der Waals surface area contributed by atoms with Crippen molar-refractivity contribution in [3.63, 3.8) is 0 Å². The van der Waals surface area contributed by atoms with Crippen LogP contribution in [0.15, 0.2) is 41.3 Å². The van der Waals surface area contributed by atoms with E-state index in [9.17, 15) is 5.21 Å². The molecule has 0 saturated carbocycles. The van der Waals surface area contributed by atoms with E-state index in [1.807, 2.05) is 31.2 Å². The number of nitrogens with zero attached hydrogens (tertiary/aromatic N) is 4. The average Bonchev–Trinajstić information content (AvgIpc) is 2.99. The molecule has 0 saturated heterocycles. The fraction of sp³-hybridized carbons (Fsp3) is 0.158. The fourth-order valence-electron chi connectivity index (χ4n) is 2.92. The van der Waals surface area contributed by atoms with Gasteiger partial charge in [0.25, 0.3) is 5.69 Å². The van der Waals surface area contributed by atoms with Crippen molar-refractivity contribution in [3.8, 4) is 17.0 Å². The van der Waals surface area contributed by atoms with Crippen LogP contribution in [0.25, 0.3) is 22.2 Å². The van der Waals surface area contributed by atoms with E-state index in [1.54, 1.807) is 6.92 Å². The van der Waals surface area contributed by atoms with Crippen molar-refractivity contribution in [2.24, 2.45) is 0 Å². The molecule has 3 aromatic heterocycles. The Labute approximate surface area is 170 Å². The number of para-hydroxylation sites is 1. The van der Waals surface area contributed by atoms with Crippen molar-refractivity contribution in [2.75, 3.05) is 0 Å². The number of benzene rings is 1. The maximum absolute atomic E-state index is 11.6. The van der Waals surface area contributed by atoms with Crippen LogP contribution in [0.1, 0.15) is 17.0 Å². The standard InChI is InChI=1S/C19H14Cl2N4O3/c1-10-6-13(18-11(2)25(26)28-24-18)12-4-3-5-17(19(12)23-10)27-9-14-15(20)7-22-8-16(14)21/h3-8H,9H2,1-2H3. The number of aromatic nitrogens is 4. The SMILES string of the molecule is Cc1cc(-c2no[n+]([O-])c2C)c2cccc(OCc3c(Cl)cncc3Cl)c2n1. The molecule has 0 aliphatic carbocycles. The van der Waals surface area contributed by atoms with Crippen LogP contribution < -0.4 is 9.64 Å². The quantitative estimate of drug-likeness (QED) is 0.457. The van der Waals surface area contributed by atoms with Crippen LogP contribution in [0, 0.1) is 19.1 Å². The Bertz CT molecular complexity index is 1170. The Hall–Kier alpha value is -2.90. The molecule has 0 spiro atoms. The summed E-state index contributed by atoms with van der Waals surface area (Å²) >= 11 is 12.3. The summed E-state index contributed by atoms with van der Waals surface area (Å²) in [6, 6.07) is 7.40. The molecule has 0 fully saturated rings. The Morgan fingerprint density at radius 2 is 1.93 bits per heavy atom. The van der Waals surface area contributed by atoms with Crippen LogP contribution in [0.4, 0.5) is 0 Å². The van der Waals surface area contributed by atoms with Crippen LogP contribution in [0.3, 0.4) is 0 Å². The molecule has 0 bridgehead atoms. The lowest BCUT2D eigenvalue weighted by Crippen LogP contribution is -2.25. The van der Waals surface area contributed by atoms with Gasteiger partial charge in [-0.05, 0) is 24.0 Å². The summed E-state index contributed by atoms with van der Waals surface area (Å²) in [6.45, 7) is 3.67. The second-order valence-corrected chi connectivity index (χ2v) is 7.01. The van der Waals surface area contributed by atoms with E-state index in [2.05, 4.69) is 15.1 Å². The van der Waals surface area contributed by atoms with Gasteiger partial charge in [-0.1, -0.05) is 35.3 Å². The summed E-state index contributed by atoms with van der Waals surface area (Å²) < 4.78 is 10.7. The van der Waals surface area contributed by atoms with E-state index in [1.165, 1.54) is 12.4 Å². The Morgan fingerprint density at radius 1 is 1.18 bits per heavy atom. The monoisotopic (exact) mass is 416 g/mol. The zero-order chi connectivity index (χ0) is 19.8. The highest BCUT2D eigenvalue weighted by Gasteiger charge is 2.21. The zero-order valence-electron chi connectivity index (χ0n) is 14.9. The molecule has 3 heterocycles. The molecular formula is C19H14Cl2N4O3. The lowest BCUT2D eigenvalue weighted by molar-refractivity contribution is -0.806. The van der Waals surface area contributed by atoms with E-state index in [4.69, 9.17) is 32.6 Å². The van der Waals surface area contributed by atoms with E-state index in [0.29, 0.717) is 43.2 Å². The van der Waals surface area contributed by atoms with Crippen LogP contribution in [0.2, 0.25) is 10.0 Å². The molecular weight excluding hydrogens is 403 g/mol. The number of hydrogen-bond acceptors (Lipinski definition) is 6. The molecule has 7 nitrogen and oxygen atoms in total. The largest absolute Gasteiger partial charge is 0.487 e. The number of fused-ring (bicyclic) bond motifs is 1. The van der Waals surface area contributed by atoms with Gasteiger partial charge in [-0.15, -0.1) is 0 Å². The van der Waals surface area contributed by atoms with E-state index in [0.717, 1.165) is 16.6 Å². The Morgan fingerprint density at radius 3 is 2.61 bits per heavy atom. The van der Waals surface area contributed by atoms with Crippen LogP contribution in [-0.4, -0.2) is 15.1 Å². The maximum atomic E-state index is 11.6. The average molecular weight is 417 g/mol. The highest BCUT2D eigenvalue weighted by molar-refractivity contribution is 6.35. The van der Waals surface area contributed by atoms with Crippen molar-refractivity contribution >= 4 is 34.1 Å². The highest BCUT2D eigenvalue weighted by Crippen LogP contribution is 2.34. The lowest BCUT2D eigenvalue weighted by Gasteiger charge is -2.12. The molecule has 0 unspecified atom stereocenters. The molecule has 0 aliphatic heterocycles. The third kappa shape index (κ3) is 3.23. The van der Waals surface area contributed by atoms with Gasteiger partial charge < -0.3 is 9.94 Å². The second kappa shape index (κ2) is 7.26. The summed E-state index contributed by atoms with van der Waals surface area (Å²) in [7, 11) is 0. The number of halogens is 2. The first-order valence-corrected chi connectivity index (χ1v) is 9.09. The van der Waals surface area contributed by atoms with Crippen molar-refractivity contribution in [1.82, 2.24) is 15.1 Å². The smallest absolute Gasteiger partial charge is 0.251 e. The van der Waals surface area contributed by atoms with Gasteiger partial charge in [-0.25, -0.2) is 4.98 Å². The van der Waals surface area contributed by atoms with Gasteiger partial charge in [-0.2, -0.15) is 0 Å². The molecule has 142 valence electrons. The molecule has 0 atom stereocenters. The molecule has 0 amide bonds. The molecule has 28 heavy (non-hydrogen) atoms. The van der Waals surface area contributed by atoms with Gasteiger partial charge in [0.05, 0.1) is 10.0 Å². The van der Waals surface area contributed by atoms with Crippen molar-refractivity contribution in [2.45, 2.75) is 20.5 Å². The van der Waals surface area contributed by atoms with Gasteiger partial charge in [0, 0.05) is 46.7 Å². The topological polar surface area (TPSA) is 88.0 Å². The molecule has 4 rings (SSSR count). The predicted molar refractivity (Wildman–Crippen MR) is 104 cm³/mol. The number of ether oxygens (including phenoxy) is 1. The summed E-state index contributed by atoms with van der Waals surface area (Å²) in [4.78, 5) is 8.93. The summed E-state index contributed by atoms with van der Waals surface area (Å²) in [5.41, 5.74) is 3.60. The van der Waals surface area contributed by atoms with Crippen molar-refractivity contribution in [3.05, 3.63) is 68.9 Å². The molecule has 0 aliphatic rings. The molecule has 0 N–H and O–H groups in total. The zero-order valence-corrected chi connectivity index (χ0v) is 16.5. The normalized spacial score (nSPS) is 11.1. The first-order chi connectivity index (χ1) is 13.5. The first-order valence-electron chi connectivity index (χ1n) is 8.33. The second-order valence-electron chi connectivity index (χ2n) is 6.20. The van der Waals surface area contributed by atoms with Crippen molar-refractivity contribution in [1.29, 1.82) is 0 Å². The summed E-state index contributed by atoms with van der Waals surface area (Å²) in [5, 5.41) is 17.2. The van der Waals surface area contributed by atoms with Gasteiger partial charge in [0.2, 0.25) is 5.69 Å².